The standard InChI is InChI=1S/C12H17ClN2S/c13-10-5-6-12(14)15-11(10)8-16-7-9-3-1-2-4-9/h5-6,9H,1-4,7-8H2,(H2,14,15). The van der Waals surface area contributed by atoms with Gasteiger partial charge in [0.05, 0.1) is 10.7 Å². The zero-order valence-corrected chi connectivity index (χ0v) is 10.9. The number of thioether (sulfide) groups is 1. The molecule has 2 rings (SSSR count). The molecule has 0 aliphatic heterocycles. The van der Waals surface area contributed by atoms with E-state index in [-0.39, 0.29) is 0 Å². The van der Waals surface area contributed by atoms with E-state index in [2.05, 4.69) is 4.98 Å². The van der Waals surface area contributed by atoms with Crippen LogP contribution in [0, 0.1) is 5.92 Å². The minimum atomic E-state index is 0.556. The minimum Gasteiger partial charge on any atom is -0.384 e. The Bertz CT molecular complexity index is 351. The fourth-order valence-electron chi connectivity index (χ4n) is 2.10. The molecule has 0 amide bonds. The predicted molar refractivity (Wildman–Crippen MR) is 71.8 cm³/mol. The van der Waals surface area contributed by atoms with E-state index < -0.39 is 0 Å². The van der Waals surface area contributed by atoms with Crippen LogP contribution in [0.15, 0.2) is 12.1 Å². The Balaban J connectivity index is 1.82. The monoisotopic (exact) mass is 256 g/mol. The summed E-state index contributed by atoms with van der Waals surface area (Å²) in [5.74, 6) is 3.57. The molecule has 0 spiro atoms. The first-order valence-electron chi connectivity index (χ1n) is 5.74. The van der Waals surface area contributed by atoms with E-state index in [1.807, 2.05) is 17.8 Å². The van der Waals surface area contributed by atoms with Crippen LogP contribution in [-0.2, 0) is 5.75 Å². The third kappa shape index (κ3) is 3.29. The van der Waals surface area contributed by atoms with Gasteiger partial charge in [-0.15, -0.1) is 0 Å². The van der Waals surface area contributed by atoms with E-state index in [1.165, 1.54) is 31.4 Å². The number of hydrogen-bond donors (Lipinski definition) is 1. The first kappa shape index (κ1) is 12.1. The molecule has 0 saturated heterocycles. The molecule has 1 fully saturated rings. The van der Waals surface area contributed by atoms with Gasteiger partial charge in [0.1, 0.15) is 5.82 Å². The van der Waals surface area contributed by atoms with E-state index in [1.54, 1.807) is 6.07 Å². The second-order valence-corrected chi connectivity index (χ2v) is 5.77. The Kier molecular flexibility index (Phi) is 4.36. The summed E-state index contributed by atoms with van der Waals surface area (Å²) in [6.45, 7) is 0. The van der Waals surface area contributed by atoms with Crippen LogP contribution in [0.25, 0.3) is 0 Å². The van der Waals surface area contributed by atoms with Gasteiger partial charge in [0.15, 0.2) is 0 Å². The number of pyridine rings is 1. The summed E-state index contributed by atoms with van der Waals surface area (Å²) in [5, 5.41) is 0.730. The zero-order chi connectivity index (χ0) is 11.4. The van der Waals surface area contributed by atoms with Crippen LogP contribution in [0.2, 0.25) is 5.02 Å². The van der Waals surface area contributed by atoms with Crippen molar-refractivity contribution in [1.29, 1.82) is 0 Å². The van der Waals surface area contributed by atoms with Gasteiger partial charge in [-0.1, -0.05) is 24.4 Å². The topological polar surface area (TPSA) is 38.9 Å². The number of nitrogen functional groups attached to an aromatic ring is 1. The molecule has 0 radical (unpaired) electrons. The number of halogens is 1. The van der Waals surface area contributed by atoms with Gasteiger partial charge >= 0.3 is 0 Å². The molecular weight excluding hydrogens is 240 g/mol. The molecule has 1 heterocycles. The van der Waals surface area contributed by atoms with Crippen molar-refractivity contribution in [2.45, 2.75) is 31.4 Å². The molecule has 1 aromatic heterocycles. The SMILES string of the molecule is Nc1ccc(Cl)c(CSCC2CCCC2)n1. The van der Waals surface area contributed by atoms with Crippen molar-refractivity contribution in [2.24, 2.45) is 5.92 Å². The number of nitrogens with two attached hydrogens (primary N) is 1. The quantitative estimate of drug-likeness (QED) is 0.892. The lowest BCUT2D eigenvalue weighted by Gasteiger charge is -2.08. The molecule has 0 aromatic carbocycles. The third-order valence-corrected chi connectivity index (χ3v) is 4.54. The van der Waals surface area contributed by atoms with Crippen LogP contribution in [-0.4, -0.2) is 10.7 Å². The van der Waals surface area contributed by atoms with Crippen LogP contribution in [0.5, 0.6) is 0 Å². The summed E-state index contributed by atoms with van der Waals surface area (Å²) in [6, 6.07) is 3.57. The van der Waals surface area contributed by atoms with E-state index >= 15 is 0 Å². The highest BCUT2D eigenvalue weighted by atomic mass is 35.5. The summed E-state index contributed by atoms with van der Waals surface area (Å²) < 4.78 is 0. The molecule has 2 N–H and O–H groups in total. The fourth-order valence-corrected chi connectivity index (χ4v) is 3.55. The van der Waals surface area contributed by atoms with Crippen LogP contribution in [0.3, 0.4) is 0 Å². The van der Waals surface area contributed by atoms with Crippen molar-refractivity contribution in [2.75, 3.05) is 11.5 Å². The molecule has 16 heavy (non-hydrogen) atoms. The van der Waals surface area contributed by atoms with Gasteiger partial charge in [0, 0.05) is 5.75 Å². The van der Waals surface area contributed by atoms with Crippen LogP contribution in [0.1, 0.15) is 31.4 Å². The molecule has 88 valence electrons. The zero-order valence-electron chi connectivity index (χ0n) is 9.29. The smallest absolute Gasteiger partial charge is 0.123 e. The largest absolute Gasteiger partial charge is 0.384 e. The Labute approximate surface area is 106 Å². The van der Waals surface area contributed by atoms with E-state index in [4.69, 9.17) is 17.3 Å². The average molecular weight is 257 g/mol. The third-order valence-electron chi connectivity index (χ3n) is 3.01. The van der Waals surface area contributed by atoms with Gasteiger partial charge in [0.25, 0.3) is 0 Å². The molecule has 1 aromatic rings. The van der Waals surface area contributed by atoms with Crippen LogP contribution in [0.4, 0.5) is 5.82 Å². The molecule has 0 unspecified atom stereocenters. The Morgan fingerprint density at radius 3 is 2.88 bits per heavy atom. The van der Waals surface area contributed by atoms with Crippen molar-refractivity contribution in [3.05, 3.63) is 22.8 Å². The van der Waals surface area contributed by atoms with E-state index in [0.717, 1.165) is 22.4 Å². The molecule has 1 saturated carbocycles. The van der Waals surface area contributed by atoms with Crippen molar-refractivity contribution in [3.63, 3.8) is 0 Å². The van der Waals surface area contributed by atoms with Gasteiger partial charge in [-0.3, -0.25) is 0 Å². The summed E-state index contributed by atoms with van der Waals surface area (Å²) >= 11 is 7.98. The maximum atomic E-state index is 6.06. The van der Waals surface area contributed by atoms with Crippen molar-refractivity contribution in [1.82, 2.24) is 4.98 Å². The normalized spacial score (nSPS) is 16.8. The van der Waals surface area contributed by atoms with E-state index in [0.29, 0.717) is 5.82 Å². The fraction of sp³-hybridized carbons (Fsp3) is 0.583. The number of anilines is 1. The molecule has 1 aliphatic rings. The van der Waals surface area contributed by atoms with Crippen LogP contribution < -0.4 is 5.73 Å². The molecule has 4 heteroatoms. The number of nitrogens with zero attached hydrogens (tertiary/aromatic N) is 1. The number of rotatable bonds is 4. The van der Waals surface area contributed by atoms with Gasteiger partial charge in [-0.25, -0.2) is 4.98 Å². The Morgan fingerprint density at radius 2 is 2.12 bits per heavy atom. The summed E-state index contributed by atoms with van der Waals surface area (Å²) in [6.07, 6.45) is 5.60. The average Bonchev–Trinajstić information content (AvgIpc) is 2.76. The molecule has 1 aliphatic carbocycles. The number of hydrogen-bond acceptors (Lipinski definition) is 3. The highest BCUT2D eigenvalue weighted by Gasteiger charge is 2.15. The lowest BCUT2D eigenvalue weighted by atomic mass is 10.1. The maximum absolute atomic E-state index is 6.06. The maximum Gasteiger partial charge on any atom is 0.123 e. The second-order valence-electron chi connectivity index (χ2n) is 4.33. The Hall–Kier alpha value is -0.410. The second kappa shape index (κ2) is 5.78. The highest BCUT2D eigenvalue weighted by Crippen LogP contribution is 2.29. The number of aromatic nitrogens is 1. The summed E-state index contributed by atoms with van der Waals surface area (Å²) in [4.78, 5) is 4.26. The summed E-state index contributed by atoms with van der Waals surface area (Å²) in [5.41, 5.74) is 6.56. The predicted octanol–water partition coefficient (Wildman–Crippen LogP) is 3.74. The Morgan fingerprint density at radius 1 is 1.38 bits per heavy atom. The highest BCUT2D eigenvalue weighted by molar-refractivity contribution is 7.98. The van der Waals surface area contributed by atoms with Crippen molar-refractivity contribution < 1.29 is 0 Å². The van der Waals surface area contributed by atoms with E-state index in [9.17, 15) is 0 Å². The van der Waals surface area contributed by atoms with Crippen molar-refractivity contribution >= 4 is 29.2 Å². The molecular formula is C12H17ClN2S. The molecule has 2 nitrogen and oxygen atoms in total. The van der Waals surface area contributed by atoms with Gasteiger partial charge in [-0.05, 0) is 36.6 Å². The molecule has 0 atom stereocenters. The van der Waals surface area contributed by atoms with Crippen molar-refractivity contribution in [3.8, 4) is 0 Å². The van der Waals surface area contributed by atoms with Crippen LogP contribution >= 0.6 is 23.4 Å². The molecule has 0 bridgehead atoms. The van der Waals surface area contributed by atoms with Gasteiger partial charge in [0.2, 0.25) is 0 Å². The summed E-state index contributed by atoms with van der Waals surface area (Å²) in [7, 11) is 0. The lowest BCUT2D eigenvalue weighted by molar-refractivity contribution is 0.623. The van der Waals surface area contributed by atoms with Gasteiger partial charge < -0.3 is 5.73 Å². The first-order chi connectivity index (χ1) is 7.75. The van der Waals surface area contributed by atoms with Gasteiger partial charge in [-0.2, -0.15) is 11.8 Å². The minimum absolute atomic E-state index is 0.556. The first-order valence-corrected chi connectivity index (χ1v) is 7.27. The lowest BCUT2D eigenvalue weighted by Crippen LogP contribution is -1.99.